The third kappa shape index (κ3) is 3.84. The predicted molar refractivity (Wildman–Crippen MR) is 75.4 cm³/mol. The standard InChI is InChI=1S/C14H15N3O2S/c18-12(15-11-6-7-11)9-20-14-17-16-13(19-14)8-10-4-2-1-3-5-10/h1-5,11H,6-9H2,(H,15,18). The van der Waals surface area contributed by atoms with Crippen LogP contribution in [0.15, 0.2) is 40.0 Å². The molecule has 0 radical (unpaired) electrons. The molecule has 3 rings (SSSR count). The third-order valence-corrected chi connectivity index (χ3v) is 3.73. The maximum atomic E-state index is 11.5. The minimum atomic E-state index is 0.0281. The molecule has 1 fully saturated rings. The first-order valence-corrected chi connectivity index (χ1v) is 7.56. The summed E-state index contributed by atoms with van der Waals surface area (Å²) in [6, 6.07) is 10.3. The Balaban J connectivity index is 1.50. The molecule has 1 aromatic heterocycles. The van der Waals surface area contributed by atoms with E-state index in [0.29, 0.717) is 29.3 Å². The van der Waals surface area contributed by atoms with Crippen molar-refractivity contribution in [3.8, 4) is 0 Å². The van der Waals surface area contributed by atoms with Crippen molar-refractivity contribution in [3.63, 3.8) is 0 Å². The molecule has 1 aromatic carbocycles. The number of nitrogens with one attached hydrogen (secondary N) is 1. The molecular weight excluding hydrogens is 274 g/mol. The Morgan fingerprint density at radius 2 is 2.10 bits per heavy atom. The van der Waals surface area contributed by atoms with Crippen LogP contribution in [0.2, 0.25) is 0 Å². The molecule has 0 unspecified atom stereocenters. The number of hydrogen-bond acceptors (Lipinski definition) is 5. The minimum absolute atomic E-state index is 0.0281. The summed E-state index contributed by atoms with van der Waals surface area (Å²) in [5, 5.41) is 11.3. The van der Waals surface area contributed by atoms with Gasteiger partial charge in [0.2, 0.25) is 11.8 Å². The van der Waals surface area contributed by atoms with Crippen LogP contribution < -0.4 is 5.32 Å². The zero-order chi connectivity index (χ0) is 13.8. The number of aromatic nitrogens is 2. The van der Waals surface area contributed by atoms with E-state index in [4.69, 9.17) is 4.42 Å². The van der Waals surface area contributed by atoms with Crippen LogP contribution in [0.3, 0.4) is 0 Å². The van der Waals surface area contributed by atoms with Gasteiger partial charge >= 0.3 is 0 Å². The average molecular weight is 289 g/mol. The summed E-state index contributed by atoms with van der Waals surface area (Å²) in [7, 11) is 0. The lowest BCUT2D eigenvalue weighted by molar-refractivity contribution is -0.118. The number of benzene rings is 1. The zero-order valence-electron chi connectivity index (χ0n) is 10.9. The Bertz CT molecular complexity index is 581. The van der Waals surface area contributed by atoms with Crippen molar-refractivity contribution in [2.75, 3.05) is 5.75 Å². The largest absolute Gasteiger partial charge is 0.416 e. The molecule has 1 aliphatic rings. The smallest absolute Gasteiger partial charge is 0.277 e. The van der Waals surface area contributed by atoms with Crippen LogP contribution in [-0.4, -0.2) is 27.9 Å². The van der Waals surface area contributed by atoms with E-state index in [-0.39, 0.29) is 5.91 Å². The Kier molecular flexibility index (Phi) is 4.01. The number of nitrogens with zero attached hydrogens (tertiary/aromatic N) is 2. The van der Waals surface area contributed by atoms with E-state index in [2.05, 4.69) is 15.5 Å². The van der Waals surface area contributed by atoms with Gasteiger partial charge in [-0.1, -0.05) is 42.1 Å². The molecular formula is C14H15N3O2S. The zero-order valence-corrected chi connectivity index (χ0v) is 11.7. The molecule has 1 saturated carbocycles. The highest BCUT2D eigenvalue weighted by Gasteiger charge is 2.23. The normalized spacial score (nSPS) is 14.2. The van der Waals surface area contributed by atoms with Gasteiger partial charge in [0, 0.05) is 6.04 Å². The summed E-state index contributed by atoms with van der Waals surface area (Å²) in [6.45, 7) is 0. The van der Waals surface area contributed by atoms with E-state index >= 15 is 0 Å². The fourth-order valence-corrected chi connectivity index (χ4v) is 2.35. The van der Waals surface area contributed by atoms with Gasteiger partial charge in [-0.3, -0.25) is 4.79 Å². The molecule has 0 saturated heterocycles. The second kappa shape index (κ2) is 6.09. The van der Waals surface area contributed by atoms with Crippen molar-refractivity contribution in [2.45, 2.75) is 30.5 Å². The van der Waals surface area contributed by atoms with E-state index in [0.717, 1.165) is 18.4 Å². The molecule has 6 heteroatoms. The molecule has 0 spiro atoms. The first-order chi connectivity index (χ1) is 9.79. The van der Waals surface area contributed by atoms with Crippen LogP contribution in [0.1, 0.15) is 24.3 Å². The van der Waals surface area contributed by atoms with Crippen LogP contribution >= 0.6 is 11.8 Å². The number of carbonyl (C=O) groups is 1. The van der Waals surface area contributed by atoms with Crippen LogP contribution in [0, 0.1) is 0 Å². The van der Waals surface area contributed by atoms with Crippen molar-refractivity contribution in [1.82, 2.24) is 15.5 Å². The van der Waals surface area contributed by atoms with Gasteiger partial charge in [0.1, 0.15) is 0 Å². The predicted octanol–water partition coefficient (Wildman–Crippen LogP) is 2.03. The Hall–Kier alpha value is -1.82. The SMILES string of the molecule is O=C(CSc1nnc(Cc2ccccc2)o1)NC1CC1. The lowest BCUT2D eigenvalue weighted by Gasteiger charge is -1.99. The topological polar surface area (TPSA) is 68.0 Å². The van der Waals surface area contributed by atoms with E-state index < -0.39 is 0 Å². The van der Waals surface area contributed by atoms with Gasteiger partial charge in [-0.2, -0.15) is 0 Å². The monoisotopic (exact) mass is 289 g/mol. The molecule has 1 N–H and O–H groups in total. The second-order valence-electron chi connectivity index (χ2n) is 4.75. The molecule has 2 aromatic rings. The highest BCUT2D eigenvalue weighted by atomic mass is 32.2. The summed E-state index contributed by atoms with van der Waals surface area (Å²) < 4.78 is 5.52. The fourth-order valence-electron chi connectivity index (χ4n) is 1.76. The molecule has 104 valence electrons. The second-order valence-corrected chi connectivity index (χ2v) is 5.68. The highest BCUT2D eigenvalue weighted by molar-refractivity contribution is 7.99. The average Bonchev–Trinajstić information content (AvgIpc) is 3.15. The molecule has 1 amide bonds. The highest BCUT2D eigenvalue weighted by Crippen LogP contribution is 2.20. The van der Waals surface area contributed by atoms with Gasteiger partial charge in [0.15, 0.2) is 0 Å². The quantitative estimate of drug-likeness (QED) is 0.824. The van der Waals surface area contributed by atoms with Crippen molar-refractivity contribution in [3.05, 3.63) is 41.8 Å². The molecule has 1 aliphatic carbocycles. The number of rotatable bonds is 6. The summed E-state index contributed by atoms with van der Waals surface area (Å²) in [5.41, 5.74) is 1.12. The summed E-state index contributed by atoms with van der Waals surface area (Å²) >= 11 is 1.28. The maximum absolute atomic E-state index is 11.5. The van der Waals surface area contributed by atoms with Crippen molar-refractivity contribution in [2.24, 2.45) is 0 Å². The van der Waals surface area contributed by atoms with Gasteiger partial charge in [0.05, 0.1) is 12.2 Å². The van der Waals surface area contributed by atoms with Crippen molar-refractivity contribution in [1.29, 1.82) is 0 Å². The molecule has 0 aliphatic heterocycles. The molecule has 20 heavy (non-hydrogen) atoms. The van der Waals surface area contributed by atoms with Crippen molar-refractivity contribution >= 4 is 17.7 Å². The van der Waals surface area contributed by atoms with E-state index in [1.165, 1.54) is 11.8 Å². The molecule has 0 atom stereocenters. The third-order valence-electron chi connectivity index (χ3n) is 2.92. The molecule has 0 bridgehead atoms. The van der Waals surface area contributed by atoms with Crippen LogP contribution in [0.5, 0.6) is 0 Å². The first kappa shape index (κ1) is 13.2. The van der Waals surface area contributed by atoms with Crippen LogP contribution in [0.25, 0.3) is 0 Å². The van der Waals surface area contributed by atoms with E-state index in [1.807, 2.05) is 30.3 Å². The number of amides is 1. The van der Waals surface area contributed by atoms with Gasteiger partial charge in [-0.25, -0.2) is 0 Å². The summed E-state index contributed by atoms with van der Waals surface area (Å²) in [4.78, 5) is 11.5. The van der Waals surface area contributed by atoms with Crippen LogP contribution in [-0.2, 0) is 11.2 Å². The van der Waals surface area contributed by atoms with Gasteiger partial charge < -0.3 is 9.73 Å². The first-order valence-electron chi connectivity index (χ1n) is 6.58. The number of carbonyl (C=O) groups excluding carboxylic acids is 1. The minimum Gasteiger partial charge on any atom is -0.416 e. The number of hydrogen-bond donors (Lipinski definition) is 1. The lowest BCUT2D eigenvalue weighted by Crippen LogP contribution is -2.26. The fraction of sp³-hybridized carbons (Fsp3) is 0.357. The number of thioether (sulfide) groups is 1. The maximum Gasteiger partial charge on any atom is 0.277 e. The Morgan fingerprint density at radius 3 is 2.85 bits per heavy atom. The summed E-state index contributed by atoms with van der Waals surface area (Å²) in [6.07, 6.45) is 2.80. The van der Waals surface area contributed by atoms with Gasteiger partial charge in [-0.15, -0.1) is 10.2 Å². The summed E-state index contributed by atoms with van der Waals surface area (Å²) in [5.74, 6) is 0.922. The van der Waals surface area contributed by atoms with Gasteiger partial charge in [-0.05, 0) is 18.4 Å². The lowest BCUT2D eigenvalue weighted by atomic mass is 10.2. The van der Waals surface area contributed by atoms with Crippen molar-refractivity contribution < 1.29 is 9.21 Å². The molecule has 1 heterocycles. The van der Waals surface area contributed by atoms with E-state index in [1.54, 1.807) is 0 Å². The molecule has 5 nitrogen and oxygen atoms in total. The van der Waals surface area contributed by atoms with Gasteiger partial charge in [0.25, 0.3) is 5.22 Å². The Labute approximate surface area is 121 Å². The van der Waals surface area contributed by atoms with E-state index in [9.17, 15) is 4.79 Å². The van der Waals surface area contributed by atoms with Crippen LogP contribution in [0.4, 0.5) is 0 Å². The Morgan fingerprint density at radius 1 is 1.30 bits per heavy atom.